The molecule has 0 saturated heterocycles. The van der Waals surface area contributed by atoms with E-state index < -0.39 is 0 Å². The standard InChI is InChI=1S/C23H30N4O2/c1-24-23(26-14-12-18-16-27-20-9-5-4-8-19(18)20)25-13-6-7-17-10-11-21(28-2)22(15-17)29-3/h4-5,8-11,15-16,27H,6-7,12-14H2,1-3H3,(H2,24,25,26). The third kappa shape index (κ3) is 5.44. The van der Waals surface area contributed by atoms with Crippen LogP contribution in [0.15, 0.2) is 53.7 Å². The molecule has 1 aromatic heterocycles. The number of nitrogens with one attached hydrogen (secondary N) is 3. The van der Waals surface area contributed by atoms with Crippen molar-refractivity contribution >= 4 is 16.9 Å². The lowest BCUT2D eigenvalue weighted by molar-refractivity contribution is 0.354. The first-order valence-electron chi connectivity index (χ1n) is 9.95. The lowest BCUT2D eigenvalue weighted by Crippen LogP contribution is -2.38. The summed E-state index contributed by atoms with van der Waals surface area (Å²) in [6, 6.07) is 14.4. The van der Waals surface area contributed by atoms with E-state index in [2.05, 4.69) is 57.1 Å². The van der Waals surface area contributed by atoms with Crippen LogP contribution in [0, 0.1) is 0 Å². The van der Waals surface area contributed by atoms with Crippen molar-refractivity contribution in [1.82, 2.24) is 15.6 Å². The number of benzene rings is 2. The molecule has 6 nitrogen and oxygen atoms in total. The van der Waals surface area contributed by atoms with Crippen LogP contribution in [-0.2, 0) is 12.8 Å². The van der Waals surface area contributed by atoms with Crippen molar-refractivity contribution in [2.75, 3.05) is 34.4 Å². The van der Waals surface area contributed by atoms with Crippen molar-refractivity contribution in [1.29, 1.82) is 0 Å². The highest BCUT2D eigenvalue weighted by Crippen LogP contribution is 2.27. The minimum absolute atomic E-state index is 0.758. The monoisotopic (exact) mass is 394 g/mol. The lowest BCUT2D eigenvalue weighted by atomic mass is 10.1. The molecule has 0 amide bonds. The first kappa shape index (κ1) is 20.6. The van der Waals surface area contributed by atoms with Gasteiger partial charge < -0.3 is 25.1 Å². The lowest BCUT2D eigenvalue weighted by Gasteiger charge is -2.12. The number of guanidine groups is 1. The Labute approximate surface area is 172 Å². The number of aryl methyl sites for hydroxylation is 1. The largest absolute Gasteiger partial charge is 0.493 e. The van der Waals surface area contributed by atoms with Gasteiger partial charge in [0.05, 0.1) is 14.2 Å². The van der Waals surface area contributed by atoms with Crippen molar-refractivity contribution in [3.05, 3.63) is 59.8 Å². The Morgan fingerprint density at radius 2 is 1.76 bits per heavy atom. The summed E-state index contributed by atoms with van der Waals surface area (Å²) in [6.07, 6.45) is 4.99. The molecule has 0 aliphatic rings. The Kier molecular flexibility index (Phi) is 7.39. The van der Waals surface area contributed by atoms with Gasteiger partial charge in [-0.25, -0.2) is 0 Å². The van der Waals surface area contributed by atoms with E-state index in [0.29, 0.717) is 0 Å². The van der Waals surface area contributed by atoms with Gasteiger partial charge in [0.1, 0.15) is 0 Å². The molecule has 154 valence electrons. The minimum Gasteiger partial charge on any atom is -0.493 e. The number of ether oxygens (including phenoxy) is 2. The molecule has 0 unspecified atom stereocenters. The van der Waals surface area contributed by atoms with Gasteiger partial charge in [-0.3, -0.25) is 4.99 Å². The molecular formula is C23H30N4O2. The number of fused-ring (bicyclic) bond motifs is 1. The number of para-hydroxylation sites is 1. The van der Waals surface area contributed by atoms with E-state index in [1.54, 1.807) is 21.3 Å². The normalized spacial score (nSPS) is 11.5. The van der Waals surface area contributed by atoms with Gasteiger partial charge >= 0.3 is 0 Å². The average molecular weight is 395 g/mol. The molecule has 2 aromatic carbocycles. The van der Waals surface area contributed by atoms with E-state index in [9.17, 15) is 0 Å². The van der Waals surface area contributed by atoms with Crippen LogP contribution in [0.25, 0.3) is 10.9 Å². The third-order valence-corrected chi connectivity index (χ3v) is 4.97. The maximum Gasteiger partial charge on any atom is 0.190 e. The molecule has 0 saturated carbocycles. The zero-order chi connectivity index (χ0) is 20.5. The molecule has 0 radical (unpaired) electrons. The fourth-order valence-electron chi connectivity index (χ4n) is 3.41. The molecule has 29 heavy (non-hydrogen) atoms. The highest BCUT2D eigenvalue weighted by atomic mass is 16.5. The third-order valence-electron chi connectivity index (χ3n) is 4.97. The average Bonchev–Trinajstić information content (AvgIpc) is 3.18. The van der Waals surface area contributed by atoms with Crippen LogP contribution in [0.1, 0.15) is 17.5 Å². The molecule has 6 heteroatoms. The summed E-state index contributed by atoms with van der Waals surface area (Å²) < 4.78 is 10.7. The highest BCUT2D eigenvalue weighted by molar-refractivity contribution is 5.83. The Bertz CT molecular complexity index is 949. The van der Waals surface area contributed by atoms with Crippen molar-refractivity contribution in [3.63, 3.8) is 0 Å². The van der Waals surface area contributed by atoms with E-state index in [0.717, 1.165) is 49.8 Å². The van der Waals surface area contributed by atoms with Gasteiger partial charge in [-0.15, -0.1) is 0 Å². The van der Waals surface area contributed by atoms with Gasteiger partial charge in [-0.05, 0) is 48.6 Å². The van der Waals surface area contributed by atoms with Gasteiger partial charge in [0, 0.05) is 37.2 Å². The number of rotatable bonds is 9. The van der Waals surface area contributed by atoms with E-state index in [-0.39, 0.29) is 0 Å². The smallest absolute Gasteiger partial charge is 0.190 e. The second-order valence-corrected chi connectivity index (χ2v) is 6.83. The minimum atomic E-state index is 0.758. The van der Waals surface area contributed by atoms with Crippen molar-refractivity contribution < 1.29 is 9.47 Å². The summed E-state index contributed by atoms with van der Waals surface area (Å²) in [4.78, 5) is 7.64. The van der Waals surface area contributed by atoms with Crippen LogP contribution in [0.3, 0.4) is 0 Å². The van der Waals surface area contributed by atoms with Gasteiger partial charge in [0.25, 0.3) is 0 Å². The van der Waals surface area contributed by atoms with Crippen molar-refractivity contribution in [2.24, 2.45) is 4.99 Å². The predicted octanol–water partition coefficient (Wildman–Crippen LogP) is 3.53. The van der Waals surface area contributed by atoms with Crippen LogP contribution in [0.5, 0.6) is 11.5 Å². The molecule has 3 N–H and O–H groups in total. The quantitative estimate of drug-likeness (QED) is 0.295. The van der Waals surface area contributed by atoms with Crippen LogP contribution in [0.2, 0.25) is 0 Å². The Morgan fingerprint density at radius 3 is 2.55 bits per heavy atom. The van der Waals surface area contributed by atoms with E-state index in [1.165, 1.54) is 22.0 Å². The van der Waals surface area contributed by atoms with Gasteiger partial charge in [-0.1, -0.05) is 24.3 Å². The fourth-order valence-corrected chi connectivity index (χ4v) is 3.41. The molecule has 0 bridgehead atoms. The first-order valence-corrected chi connectivity index (χ1v) is 9.95. The number of H-pyrrole nitrogens is 1. The molecule has 3 aromatic rings. The van der Waals surface area contributed by atoms with Crippen LogP contribution in [-0.4, -0.2) is 45.3 Å². The van der Waals surface area contributed by atoms with Gasteiger partial charge in [0.15, 0.2) is 17.5 Å². The van der Waals surface area contributed by atoms with E-state index in [4.69, 9.17) is 9.47 Å². The Hall–Kier alpha value is -3.15. The Balaban J connectivity index is 1.40. The number of aromatic nitrogens is 1. The molecule has 0 spiro atoms. The van der Waals surface area contributed by atoms with Crippen LogP contribution < -0.4 is 20.1 Å². The maximum atomic E-state index is 5.37. The Morgan fingerprint density at radius 1 is 0.966 bits per heavy atom. The summed E-state index contributed by atoms with van der Waals surface area (Å²) in [6.45, 7) is 1.68. The molecule has 3 rings (SSSR count). The second kappa shape index (κ2) is 10.4. The SMILES string of the molecule is CN=C(NCCCc1ccc(OC)c(OC)c1)NCCc1c[nH]c2ccccc12. The topological polar surface area (TPSA) is 70.7 Å². The van der Waals surface area contributed by atoms with Crippen molar-refractivity contribution in [3.8, 4) is 11.5 Å². The summed E-state index contributed by atoms with van der Waals surface area (Å²) in [5.41, 5.74) is 3.73. The van der Waals surface area contributed by atoms with Gasteiger partial charge in [0.2, 0.25) is 0 Å². The highest BCUT2D eigenvalue weighted by Gasteiger charge is 2.05. The number of hydrogen-bond acceptors (Lipinski definition) is 3. The zero-order valence-electron chi connectivity index (χ0n) is 17.4. The number of nitrogens with zero attached hydrogens (tertiary/aromatic N) is 1. The fraction of sp³-hybridized carbons (Fsp3) is 0.348. The number of aliphatic imine (C=N–C) groups is 1. The number of aromatic amines is 1. The van der Waals surface area contributed by atoms with Crippen LogP contribution in [0.4, 0.5) is 0 Å². The molecule has 0 aliphatic carbocycles. The summed E-state index contributed by atoms with van der Waals surface area (Å²) in [5.74, 6) is 2.36. The summed E-state index contributed by atoms with van der Waals surface area (Å²) in [7, 11) is 5.11. The molecule has 0 fully saturated rings. The zero-order valence-corrected chi connectivity index (χ0v) is 17.4. The second-order valence-electron chi connectivity index (χ2n) is 6.83. The maximum absolute atomic E-state index is 5.37. The number of methoxy groups -OCH3 is 2. The van der Waals surface area contributed by atoms with Crippen molar-refractivity contribution in [2.45, 2.75) is 19.3 Å². The van der Waals surface area contributed by atoms with E-state index in [1.807, 2.05) is 12.1 Å². The molecule has 1 heterocycles. The molecular weight excluding hydrogens is 364 g/mol. The van der Waals surface area contributed by atoms with E-state index >= 15 is 0 Å². The summed E-state index contributed by atoms with van der Waals surface area (Å²) in [5, 5.41) is 8.06. The molecule has 0 aliphatic heterocycles. The van der Waals surface area contributed by atoms with Crippen LogP contribution >= 0.6 is 0 Å². The number of hydrogen-bond donors (Lipinski definition) is 3. The molecule has 0 atom stereocenters. The summed E-state index contributed by atoms with van der Waals surface area (Å²) >= 11 is 0. The van der Waals surface area contributed by atoms with Gasteiger partial charge in [-0.2, -0.15) is 0 Å². The first-order chi connectivity index (χ1) is 14.2. The predicted molar refractivity (Wildman–Crippen MR) is 119 cm³/mol.